The molecule has 1 N–H and O–H groups in total. The Bertz CT molecular complexity index is 569. The van der Waals surface area contributed by atoms with Crippen LogP contribution in [0, 0.1) is 12.7 Å². The number of hydrogen-bond acceptors (Lipinski definition) is 2. The normalized spacial score (nSPS) is 10.6. The first-order valence-corrected chi connectivity index (χ1v) is 6.86. The van der Waals surface area contributed by atoms with Gasteiger partial charge in [0, 0.05) is 13.1 Å². The molecule has 0 radical (unpaired) electrons. The molecule has 0 aliphatic heterocycles. The van der Waals surface area contributed by atoms with E-state index in [1.807, 2.05) is 38.1 Å². The van der Waals surface area contributed by atoms with Gasteiger partial charge in [-0.1, -0.05) is 18.2 Å². The highest BCUT2D eigenvalue weighted by Gasteiger charge is 2.01. The number of benzene rings is 2. The molecule has 2 aromatic rings. The van der Waals surface area contributed by atoms with Crippen LogP contribution in [-0.2, 0) is 13.1 Å². The molecule has 0 heterocycles. The van der Waals surface area contributed by atoms with E-state index in [4.69, 9.17) is 4.74 Å². The minimum atomic E-state index is -0.185. The van der Waals surface area contributed by atoms with Gasteiger partial charge in [-0.3, -0.25) is 0 Å². The zero-order valence-corrected chi connectivity index (χ0v) is 11.9. The third-order valence-electron chi connectivity index (χ3n) is 3.16. The fraction of sp³-hybridized carbons (Fsp3) is 0.294. The summed E-state index contributed by atoms with van der Waals surface area (Å²) < 4.78 is 18.5. The molecule has 20 heavy (non-hydrogen) atoms. The van der Waals surface area contributed by atoms with Crippen LogP contribution < -0.4 is 10.1 Å². The molecule has 0 aromatic heterocycles. The second kappa shape index (κ2) is 7.06. The maximum Gasteiger partial charge on any atom is 0.123 e. The lowest BCUT2D eigenvalue weighted by Crippen LogP contribution is -2.13. The van der Waals surface area contributed by atoms with Crippen LogP contribution in [0.15, 0.2) is 42.5 Å². The minimum Gasteiger partial charge on any atom is -0.494 e. The molecule has 2 nitrogen and oxygen atoms in total. The first kappa shape index (κ1) is 14.5. The van der Waals surface area contributed by atoms with Crippen LogP contribution in [-0.4, -0.2) is 6.61 Å². The van der Waals surface area contributed by atoms with Crippen LogP contribution in [0.25, 0.3) is 0 Å². The van der Waals surface area contributed by atoms with Crippen molar-refractivity contribution in [3.8, 4) is 5.75 Å². The van der Waals surface area contributed by atoms with Crippen molar-refractivity contribution in [2.24, 2.45) is 0 Å². The maximum atomic E-state index is 13.0. The van der Waals surface area contributed by atoms with Crippen molar-refractivity contribution in [1.29, 1.82) is 0 Å². The van der Waals surface area contributed by atoms with E-state index in [1.54, 1.807) is 6.07 Å². The van der Waals surface area contributed by atoms with Gasteiger partial charge in [0.2, 0.25) is 0 Å². The quantitative estimate of drug-likeness (QED) is 0.864. The summed E-state index contributed by atoms with van der Waals surface area (Å²) >= 11 is 0. The monoisotopic (exact) mass is 273 g/mol. The average Bonchev–Trinajstić information content (AvgIpc) is 2.42. The Morgan fingerprint density at radius 1 is 1.10 bits per heavy atom. The van der Waals surface area contributed by atoms with Gasteiger partial charge < -0.3 is 10.1 Å². The summed E-state index contributed by atoms with van der Waals surface area (Å²) in [5.74, 6) is 0.709. The topological polar surface area (TPSA) is 21.3 Å². The number of nitrogens with one attached hydrogen (secondary N) is 1. The first-order valence-electron chi connectivity index (χ1n) is 6.86. The molecule has 0 atom stereocenters. The molecule has 0 saturated carbocycles. The van der Waals surface area contributed by atoms with Crippen molar-refractivity contribution in [1.82, 2.24) is 5.32 Å². The molecule has 0 fully saturated rings. The zero-order chi connectivity index (χ0) is 14.4. The van der Waals surface area contributed by atoms with Gasteiger partial charge in [-0.15, -0.1) is 0 Å². The van der Waals surface area contributed by atoms with Crippen molar-refractivity contribution in [2.75, 3.05) is 6.61 Å². The number of hydrogen-bond donors (Lipinski definition) is 1. The third-order valence-corrected chi connectivity index (χ3v) is 3.16. The summed E-state index contributed by atoms with van der Waals surface area (Å²) in [6.07, 6.45) is 0. The van der Waals surface area contributed by atoms with Crippen LogP contribution in [0.4, 0.5) is 4.39 Å². The Kier molecular flexibility index (Phi) is 5.13. The number of ether oxygens (including phenoxy) is 1. The van der Waals surface area contributed by atoms with Gasteiger partial charge in [0.15, 0.2) is 0 Å². The van der Waals surface area contributed by atoms with Crippen molar-refractivity contribution < 1.29 is 9.13 Å². The van der Waals surface area contributed by atoms with Crippen molar-refractivity contribution in [3.63, 3.8) is 0 Å². The molecule has 2 aromatic carbocycles. The van der Waals surface area contributed by atoms with Crippen LogP contribution >= 0.6 is 0 Å². The van der Waals surface area contributed by atoms with Gasteiger partial charge >= 0.3 is 0 Å². The molecule has 0 amide bonds. The fourth-order valence-corrected chi connectivity index (χ4v) is 2.11. The van der Waals surface area contributed by atoms with E-state index in [-0.39, 0.29) is 5.82 Å². The third kappa shape index (κ3) is 4.07. The molecule has 0 spiro atoms. The van der Waals surface area contributed by atoms with E-state index < -0.39 is 0 Å². The van der Waals surface area contributed by atoms with Crippen LogP contribution in [0.3, 0.4) is 0 Å². The summed E-state index contributed by atoms with van der Waals surface area (Å²) in [7, 11) is 0. The number of halogens is 1. The highest BCUT2D eigenvalue weighted by atomic mass is 19.1. The Morgan fingerprint density at radius 3 is 2.70 bits per heavy atom. The molecule has 0 saturated heterocycles. The molecular weight excluding hydrogens is 253 g/mol. The summed E-state index contributed by atoms with van der Waals surface area (Å²) in [4.78, 5) is 0. The highest BCUT2D eigenvalue weighted by Crippen LogP contribution is 2.14. The molecule has 3 heteroatoms. The zero-order valence-electron chi connectivity index (χ0n) is 11.9. The van der Waals surface area contributed by atoms with Gasteiger partial charge in [-0.05, 0) is 54.8 Å². The number of aryl methyl sites for hydroxylation is 1. The van der Waals surface area contributed by atoms with Gasteiger partial charge in [0.25, 0.3) is 0 Å². The van der Waals surface area contributed by atoms with Crippen molar-refractivity contribution in [2.45, 2.75) is 26.9 Å². The smallest absolute Gasteiger partial charge is 0.123 e. The fourth-order valence-electron chi connectivity index (χ4n) is 2.11. The van der Waals surface area contributed by atoms with Crippen LogP contribution in [0.2, 0.25) is 0 Å². The standard InChI is InChI=1S/C17H20FNO/c1-3-20-17-6-4-5-14(10-17)11-19-12-15-7-8-16(18)9-13(15)2/h4-10,19H,3,11-12H2,1-2H3. The Balaban J connectivity index is 1.90. The first-order chi connectivity index (χ1) is 9.69. The van der Waals surface area contributed by atoms with Gasteiger partial charge in [-0.2, -0.15) is 0 Å². The lowest BCUT2D eigenvalue weighted by molar-refractivity contribution is 0.340. The second-order valence-electron chi connectivity index (χ2n) is 4.75. The van der Waals surface area contributed by atoms with E-state index in [1.165, 1.54) is 11.6 Å². The predicted molar refractivity (Wildman–Crippen MR) is 79.3 cm³/mol. The highest BCUT2D eigenvalue weighted by molar-refractivity contribution is 5.29. The molecule has 0 aliphatic carbocycles. The van der Waals surface area contributed by atoms with Crippen molar-refractivity contribution in [3.05, 3.63) is 65.0 Å². The lowest BCUT2D eigenvalue weighted by Gasteiger charge is -2.09. The van der Waals surface area contributed by atoms with Gasteiger partial charge in [-0.25, -0.2) is 4.39 Å². The summed E-state index contributed by atoms with van der Waals surface area (Å²) in [5, 5.41) is 3.37. The van der Waals surface area contributed by atoms with E-state index in [0.29, 0.717) is 6.61 Å². The molecule has 2 rings (SSSR count). The molecular formula is C17H20FNO. The predicted octanol–water partition coefficient (Wildman–Crippen LogP) is 3.82. The summed E-state index contributed by atoms with van der Waals surface area (Å²) in [6.45, 7) is 6.06. The van der Waals surface area contributed by atoms with Crippen LogP contribution in [0.5, 0.6) is 5.75 Å². The SMILES string of the molecule is CCOc1cccc(CNCc2ccc(F)cc2C)c1. The minimum absolute atomic E-state index is 0.185. The van der Waals surface area contributed by atoms with Crippen LogP contribution in [0.1, 0.15) is 23.6 Å². The Labute approximate surface area is 119 Å². The van der Waals surface area contributed by atoms with E-state index in [2.05, 4.69) is 11.4 Å². The molecule has 106 valence electrons. The van der Waals surface area contributed by atoms with E-state index in [9.17, 15) is 4.39 Å². The average molecular weight is 273 g/mol. The Morgan fingerprint density at radius 2 is 1.95 bits per heavy atom. The number of rotatable bonds is 6. The van der Waals surface area contributed by atoms with Gasteiger partial charge in [0.05, 0.1) is 6.61 Å². The van der Waals surface area contributed by atoms with E-state index >= 15 is 0 Å². The largest absolute Gasteiger partial charge is 0.494 e. The van der Waals surface area contributed by atoms with Gasteiger partial charge in [0.1, 0.15) is 11.6 Å². The van der Waals surface area contributed by atoms with E-state index in [0.717, 1.165) is 30.0 Å². The molecule has 0 bridgehead atoms. The van der Waals surface area contributed by atoms with Crippen molar-refractivity contribution >= 4 is 0 Å². The second-order valence-corrected chi connectivity index (χ2v) is 4.75. The Hall–Kier alpha value is -1.87. The molecule has 0 aliphatic rings. The lowest BCUT2D eigenvalue weighted by atomic mass is 10.1. The summed E-state index contributed by atoms with van der Waals surface area (Å²) in [6, 6.07) is 12.9. The molecule has 0 unspecified atom stereocenters. The summed E-state index contributed by atoms with van der Waals surface area (Å²) in [5.41, 5.74) is 3.27. The maximum absolute atomic E-state index is 13.0.